The van der Waals surface area contributed by atoms with Crippen molar-refractivity contribution in [1.29, 1.82) is 0 Å². The molecule has 84 heavy (non-hydrogen) atoms. The zero-order chi connectivity index (χ0) is 60.2. The molecule has 482 valence electrons. The van der Waals surface area contributed by atoms with Crippen molar-refractivity contribution in [1.82, 2.24) is 0 Å². The zero-order valence-electron chi connectivity index (χ0n) is 48.1. The third-order valence-electron chi connectivity index (χ3n) is 21.9. The largest absolute Gasteiger partial charge is 0.394 e. The lowest BCUT2D eigenvalue weighted by molar-refractivity contribution is -0.398. The third kappa shape index (κ3) is 11.2. The van der Waals surface area contributed by atoms with E-state index in [0.29, 0.717) is 48.3 Å². The minimum absolute atomic E-state index is 0.114. The highest BCUT2D eigenvalue weighted by molar-refractivity contribution is 5.26. The molecule has 27 heteroatoms. The molecule has 4 aliphatic carbocycles. The van der Waals surface area contributed by atoms with Crippen LogP contribution in [0.3, 0.4) is 0 Å². The van der Waals surface area contributed by atoms with Gasteiger partial charge in [0.2, 0.25) is 0 Å². The maximum absolute atomic E-state index is 12.6. The molecule has 27 nitrogen and oxygen atoms in total. The summed E-state index contributed by atoms with van der Waals surface area (Å²) in [5.41, 5.74) is 1.22. The van der Waals surface area contributed by atoms with Crippen LogP contribution in [0.5, 0.6) is 0 Å². The molecule has 0 bridgehead atoms. The molecule has 0 radical (unpaired) electrons. The molecule has 36 atom stereocenters. The number of aliphatic hydroxyl groups excluding tert-OH is 15. The first-order chi connectivity index (χ1) is 39.9. The van der Waals surface area contributed by atoms with Crippen LogP contribution < -0.4 is 0 Å². The molecule has 10 fully saturated rings. The average Bonchev–Trinajstić information content (AvgIpc) is 1.78. The van der Waals surface area contributed by atoms with Crippen molar-refractivity contribution in [3.8, 4) is 0 Å². The van der Waals surface area contributed by atoms with Crippen molar-refractivity contribution in [3.63, 3.8) is 0 Å². The van der Waals surface area contributed by atoms with Crippen molar-refractivity contribution >= 4 is 0 Å². The Labute approximate surface area is 487 Å². The van der Waals surface area contributed by atoms with Gasteiger partial charge in [0.25, 0.3) is 0 Å². The minimum Gasteiger partial charge on any atom is -0.394 e. The molecule has 0 aromatic heterocycles. The Kier molecular flexibility index (Phi) is 19.1. The van der Waals surface area contributed by atoms with Crippen molar-refractivity contribution in [2.24, 2.45) is 46.3 Å². The average molecular weight is 1210 g/mol. The smallest absolute Gasteiger partial charge is 0.187 e. The summed E-state index contributed by atoms with van der Waals surface area (Å²) >= 11 is 0. The van der Waals surface area contributed by atoms with Crippen molar-refractivity contribution < 1.29 is 133 Å². The first kappa shape index (κ1) is 64.2. The van der Waals surface area contributed by atoms with Gasteiger partial charge in [-0.15, -0.1) is 0 Å². The molecule has 11 aliphatic rings. The molecule has 7 aliphatic heterocycles. The zero-order valence-corrected chi connectivity index (χ0v) is 48.1. The number of hydrogen-bond donors (Lipinski definition) is 15. The third-order valence-corrected chi connectivity index (χ3v) is 21.9. The van der Waals surface area contributed by atoms with Crippen LogP contribution in [0.4, 0.5) is 0 Å². The van der Waals surface area contributed by atoms with Crippen LogP contribution in [0.15, 0.2) is 11.6 Å². The molecule has 0 aromatic carbocycles. The SMILES string of the molecule is C[C@@H]1CC[C@@]2(OC1)O[C@H]1C[C@H]3[C@@H]4CC=C5C[C@@H](O[C@@H]6O[C@H](CO)[C@@H](O[C@@H]7O[C@H](CO[C@@H]8O[C@H](CO)[C@@H](O)[C@H](O)[C@H]8O)[C@@H](O)[C@H](O[C@@H]8O[C@H](CO)[C@@H](O)[C@H](O)[C@H]8O)[C@H]7O)[C@H](O)[C@H]6O[C@@H]6O[C@@H](C)[C@H](O)[C@@H](O)[C@H]6O)CC[C@]5(C)[C@H]4CC[C@]3(C)[C@H]1[C@@H]2C. The number of hydrogen-bond acceptors (Lipinski definition) is 27. The highest BCUT2D eigenvalue weighted by Gasteiger charge is 2.69. The van der Waals surface area contributed by atoms with Gasteiger partial charge < -0.3 is 133 Å². The van der Waals surface area contributed by atoms with E-state index >= 15 is 0 Å². The summed E-state index contributed by atoms with van der Waals surface area (Å²) < 4.78 is 73.9. The van der Waals surface area contributed by atoms with Gasteiger partial charge in [-0.1, -0.05) is 39.3 Å². The molecule has 0 amide bonds. The maximum Gasteiger partial charge on any atom is 0.187 e. The van der Waals surface area contributed by atoms with E-state index in [-0.39, 0.29) is 16.9 Å². The topological polar surface area (TPSA) is 414 Å². The second-order valence-corrected chi connectivity index (χ2v) is 26.7. The predicted molar refractivity (Wildman–Crippen MR) is 279 cm³/mol. The Bertz CT molecular complexity index is 2240. The molecule has 3 saturated carbocycles. The molecule has 15 N–H and O–H groups in total. The fourth-order valence-electron chi connectivity index (χ4n) is 16.9. The predicted octanol–water partition coefficient (Wildman–Crippen LogP) is -4.14. The minimum atomic E-state index is -2.15. The lowest BCUT2D eigenvalue weighted by Gasteiger charge is -2.59. The van der Waals surface area contributed by atoms with Crippen molar-refractivity contribution in [2.75, 3.05) is 33.0 Å². The summed E-state index contributed by atoms with van der Waals surface area (Å²) in [6.45, 7) is 8.26. The van der Waals surface area contributed by atoms with Crippen molar-refractivity contribution in [2.45, 2.75) is 264 Å². The van der Waals surface area contributed by atoms with Crippen LogP contribution in [0.1, 0.15) is 92.4 Å². The van der Waals surface area contributed by atoms with Crippen LogP contribution >= 0.6 is 0 Å². The van der Waals surface area contributed by atoms with Gasteiger partial charge in [0.15, 0.2) is 37.2 Å². The molecule has 1 spiro atoms. The lowest BCUT2D eigenvalue weighted by Crippen LogP contribution is -2.68. The van der Waals surface area contributed by atoms with E-state index in [1.807, 2.05) is 0 Å². The van der Waals surface area contributed by atoms with Gasteiger partial charge in [0.05, 0.1) is 51.3 Å². The van der Waals surface area contributed by atoms with E-state index in [4.69, 9.17) is 56.8 Å². The van der Waals surface area contributed by atoms with Gasteiger partial charge in [0, 0.05) is 12.3 Å². The molecule has 7 heterocycles. The van der Waals surface area contributed by atoms with E-state index in [1.54, 1.807) is 0 Å². The Balaban J connectivity index is 0.826. The second kappa shape index (κ2) is 25.0. The van der Waals surface area contributed by atoms with Crippen molar-refractivity contribution in [3.05, 3.63) is 11.6 Å². The molecular formula is C57H92O27. The molecule has 7 saturated heterocycles. The highest BCUT2D eigenvalue weighted by Crippen LogP contribution is 2.71. The number of allylic oxidation sites excluding steroid dienone is 1. The summed E-state index contributed by atoms with van der Waals surface area (Å²) in [6.07, 6.45) is -34.3. The van der Waals surface area contributed by atoms with Crippen LogP contribution in [0, 0.1) is 46.3 Å². The first-order valence-corrected chi connectivity index (χ1v) is 30.4. The van der Waals surface area contributed by atoms with E-state index in [9.17, 15) is 76.6 Å². The first-order valence-electron chi connectivity index (χ1n) is 30.4. The quantitative estimate of drug-likeness (QED) is 0.0735. The van der Waals surface area contributed by atoms with E-state index in [1.165, 1.54) is 12.5 Å². The fraction of sp³-hybridized carbons (Fsp3) is 0.965. The summed E-state index contributed by atoms with van der Waals surface area (Å²) in [5.74, 6) is 2.09. The summed E-state index contributed by atoms with van der Waals surface area (Å²) in [4.78, 5) is 0. The van der Waals surface area contributed by atoms with Gasteiger partial charge in [-0.25, -0.2) is 0 Å². The molecule has 11 rings (SSSR count). The highest BCUT2D eigenvalue weighted by atomic mass is 16.8. The fourth-order valence-corrected chi connectivity index (χ4v) is 16.9. The van der Waals surface area contributed by atoms with Crippen LogP contribution in [0.25, 0.3) is 0 Å². The van der Waals surface area contributed by atoms with Gasteiger partial charge in [-0.2, -0.15) is 0 Å². The normalized spacial score (nSPS) is 56.8. The Morgan fingerprint density at radius 2 is 1.11 bits per heavy atom. The molecular weight excluding hydrogens is 1120 g/mol. The molecule has 0 unspecified atom stereocenters. The van der Waals surface area contributed by atoms with Crippen LogP contribution in [-0.2, 0) is 56.8 Å². The number of aliphatic hydroxyl groups is 15. The Morgan fingerprint density at radius 1 is 0.524 bits per heavy atom. The van der Waals surface area contributed by atoms with E-state index < -0.39 is 192 Å². The lowest BCUT2D eigenvalue weighted by atomic mass is 9.47. The van der Waals surface area contributed by atoms with E-state index in [0.717, 1.165) is 51.6 Å². The van der Waals surface area contributed by atoms with E-state index in [2.05, 4.69) is 33.8 Å². The summed E-state index contributed by atoms with van der Waals surface area (Å²) in [7, 11) is 0. The number of ether oxygens (including phenoxy) is 12. The van der Waals surface area contributed by atoms with Gasteiger partial charge in [0.1, 0.15) is 116 Å². The standard InChI is InChI=1S/C57H92O27/c1-21-8-13-57(74-19-21)22(2)34-29(84-57)15-28-26-7-6-24-14-25(9-11-55(24,4)27(26)10-12-56(28,34)5)76-54-49(83-51-43(69)39(65)35(61)23(3)75-51)45(71)47(32(18-60)79-54)81-53-46(72)48(82-52-44(70)41(67)37(63)31(17-59)78-52)38(64)33(80-53)20-73-50-42(68)40(66)36(62)30(16-58)77-50/h6,21-23,25-54,58-72H,7-20H2,1-5H3/t21-,22+,23+,25+,26-,27+,28+,29+,30-,31-,32-,33-,34+,35+,36-,37-,38-,39-,40+,41+,42-,43-,44-,45+,46-,47-,48+,49-,50-,51+,52+,53+,54-,55+,56+,57-/m1/s1. The second-order valence-electron chi connectivity index (χ2n) is 26.7. The number of fused-ring (bicyclic) bond motifs is 7. The summed E-state index contributed by atoms with van der Waals surface area (Å²) in [6, 6.07) is 0. The monoisotopic (exact) mass is 1210 g/mol. The van der Waals surface area contributed by atoms with Gasteiger partial charge >= 0.3 is 0 Å². The summed E-state index contributed by atoms with van der Waals surface area (Å²) in [5, 5.41) is 163. The van der Waals surface area contributed by atoms with Gasteiger partial charge in [-0.3, -0.25) is 0 Å². The van der Waals surface area contributed by atoms with Gasteiger partial charge in [-0.05, 0) is 98.7 Å². The maximum atomic E-state index is 12.6. The molecule has 0 aromatic rings. The van der Waals surface area contributed by atoms with Crippen LogP contribution in [0.2, 0.25) is 0 Å². The van der Waals surface area contributed by atoms with Crippen LogP contribution in [-0.4, -0.2) is 281 Å². The Hall–Kier alpha value is -1.34. The Morgan fingerprint density at radius 3 is 1.76 bits per heavy atom. The number of rotatable bonds is 14.